The summed E-state index contributed by atoms with van der Waals surface area (Å²) in [4.78, 5) is 12.6. The van der Waals surface area contributed by atoms with E-state index in [9.17, 15) is 17.6 Å². The molecule has 0 aromatic heterocycles. The van der Waals surface area contributed by atoms with Gasteiger partial charge in [-0.05, 0) is 48.0 Å². The molecule has 3 aromatic carbocycles. The van der Waals surface area contributed by atoms with Crippen molar-refractivity contribution in [1.29, 1.82) is 0 Å². The number of anilines is 1. The number of hydrogen-bond acceptors (Lipinski definition) is 4. The number of sulfonamides is 1. The molecule has 0 saturated carbocycles. The lowest BCUT2D eigenvalue weighted by Crippen LogP contribution is -2.40. The molecule has 1 N–H and O–H groups in total. The van der Waals surface area contributed by atoms with E-state index in [4.69, 9.17) is 16.3 Å². The Bertz CT molecular complexity index is 1170. The molecule has 1 amide bonds. The Morgan fingerprint density at radius 2 is 1.81 bits per heavy atom. The zero-order chi connectivity index (χ0) is 22.4. The van der Waals surface area contributed by atoms with Crippen LogP contribution in [0.4, 0.5) is 10.1 Å². The first kappa shape index (κ1) is 22.6. The highest BCUT2D eigenvalue weighted by Crippen LogP contribution is 2.27. The topological polar surface area (TPSA) is 75.7 Å². The predicted molar refractivity (Wildman–Crippen MR) is 117 cm³/mol. The van der Waals surface area contributed by atoms with Crippen molar-refractivity contribution < 1.29 is 22.3 Å². The Hall–Kier alpha value is -3.10. The summed E-state index contributed by atoms with van der Waals surface area (Å²) >= 11 is 5.85. The molecule has 31 heavy (non-hydrogen) atoms. The van der Waals surface area contributed by atoms with E-state index in [0.717, 1.165) is 15.9 Å². The molecule has 0 radical (unpaired) electrons. The summed E-state index contributed by atoms with van der Waals surface area (Å²) in [6.07, 6.45) is 0. The van der Waals surface area contributed by atoms with Crippen LogP contribution in [0.2, 0.25) is 5.02 Å². The number of benzene rings is 3. The van der Waals surface area contributed by atoms with Gasteiger partial charge in [0.15, 0.2) is 0 Å². The van der Waals surface area contributed by atoms with Crippen molar-refractivity contribution >= 4 is 33.2 Å². The van der Waals surface area contributed by atoms with Gasteiger partial charge in [-0.2, -0.15) is 0 Å². The highest BCUT2D eigenvalue weighted by Gasteiger charge is 2.27. The van der Waals surface area contributed by atoms with Gasteiger partial charge in [-0.15, -0.1) is 0 Å². The molecule has 3 rings (SSSR count). The second-order valence-corrected chi connectivity index (χ2v) is 8.82. The number of hydrogen-bond donors (Lipinski definition) is 1. The lowest BCUT2D eigenvalue weighted by Gasteiger charge is -2.24. The van der Waals surface area contributed by atoms with Gasteiger partial charge in [-0.3, -0.25) is 9.10 Å². The van der Waals surface area contributed by atoms with Crippen molar-refractivity contribution in [2.75, 3.05) is 18.0 Å². The molecule has 0 unspecified atom stereocenters. The van der Waals surface area contributed by atoms with E-state index in [2.05, 4.69) is 5.32 Å². The summed E-state index contributed by atoms with van der Waals surface area (Å²) in [6, 6.07) is 18.3. The summed E-state index contributed by atoms with van der Waals surface area (Å²) in [6.45, 7) is -0.331. The number of methoxy groups -OCH3 is 1. The minimum atomic E-state index is -4.10. The first-order chi connectivity index (χ1) is 14.8. The van der Waals surface area contributed by atoms with Crippen molar-refractivity contribution in [3.05, 3.63) is 89.2 Å². The fourth-order valence-electron chi connectivity index (χ4n) is 2.84. The summed E-state index contributed by atoms with van der Waals surface area (Å²) < 4.78 is 46.1. The fourth-order valence-corrected chi connectivity index (χ4v) is 4.45. The van der Waals surface area contributed by atoms with Gasteiger partial charge in [0.05, 0.1) is 22.7 Å². The van der Waals surface area contributed by atoms with Crippen LogP contribution in [0, 0.1) is 5.82 Å². The minimum absolute atomic E-state index is 0.00366. The number of rotatable bonds is 8. The summed E-state index contributed by atoms with van der Waals surface area (Å²) in [5, 5.41) is 2.44. The van der Waals surface area contributed by atoms with Gasteiger partial charge in [0.2, 0.25) is 5.91 Å². The largest absolute Gasteiger partial charge is 0.497 e. The minimum Gasteiger partial charge on any atom is -0.497 e. The zero-order valence-corrected chi connectivity index (χ0v) is 18.2. The van der Waals surface area contributed by atoms with Gasteiger partial charge in [-0.25, -0.2) is 12.8 Å². The number of carbonyl (C=O) groups is 1. The third kappa shape index (κ3) is 5.53. The monoisotopic (exact) mass is 462 g/mol. The van der Waals surface area contributed by atoms with Crippen LogP contribution in [0.1, 0.15) is 5.56 Å². The molecule has 9 heteroatoms. The molecule has 0 heterocycles. The van der Waals surface area contributed by atoms with E-state index >= 15 is 0 Å². The van der Waals surface area contributed by atoms with Crippen molar-refractivity contribution in [2.45, 2.75) is 11.4 Å². The third-order valence-electron chi connectivity index (χ3n) is 4.43. The SMILES string of the molecule is COc1cccc(CNC(=O)CN(c2ccc(F)c(Cl)c2)S(=O)(=O)c2ccccc2)c1. The predicted octanol–water partition coefficient (Wildman–Crippen LogP) is 4.00. The molecule has 0 bridgehead atoms. The number of nitrogens with one attached hydrogen (secondary N) is 1. The van der Waals surface area contributed by atoms with E-state index in [1.807, 2.05) is 0 Å². The van der Waals surface area contributed by atoms with Crippen LogP contribution < -0.4 is 14.4 Å². The Labute approximate surface area is 185 Å². The average molecular weight is 463 g/mol. The number of ether oxygens (including phenoxy) is 1. The van der Waals surface area contributed by atoms with Gasteiger partial charge in [-0.1, -0.05) is 41.9 Å². The second kappa shape index (κ2) is 9.80. The molecule has 3 aromatic rings. The first-order valence-corrected chi connectivity index (χ1v) is 11.1. The van der Waals surface area contributed by atoms with Crippen molar-refractivity contribution in [3.8, 4) is 5.75 Å². The van der Waals surface area contributed by atoms with Crippen LogP contribution in [0.25, 0.3) is 0 Å². The van der Waals surface area contributed by atoms with E-state index in [-0.39, 0.29) is 22.2 Å². The number of carbonyl (C=O) groups excluding carboxylic acids is 1. The summed E-state index contributed by atoms with van der Waals surface area (Å²) in [5.41, 5.74) is 0.863. The summed E-state index contributed by atoms with van der Waals surface area (Å²) in [7, 11) is -2.56. The summed E-state index contributed by atoms with van der Waals surface area (Å²) in [5.74, 6) is -0.589. The van der Waals surface area contributed by atoms with Gasteiger partial charge < -0.3 is 10.1 Å². The molecule has 6 nitrogen and oxygen atoms in total. The fraction of sp³-hybridized carbons (Fsp3) is 0.136. The third-order valence-corrected chi connectivity index (χ3v) is 6.51. The van der Waals surface area contributed by atoms with Crippen molar-refractivity contribution in [1.82, 2.24) is 5.32 Å². The Morgan fingerprint density at radius 3 is 2.48 bits per heavy atom. The van der Waals surface area contributed by atoms with Gasteiger partial charge in [0.25, 0.3) is 10.0 Å². The molecule has 0 spiro atoms. The number of halogens is 2. The van der Waals surface area contributed by atoms with E-state index < -0.39 is 28.3 Å². The molecule has 0 aliphatic carbocycles. The normalized spacial score (nSPS) is 11.1. The second-order valence-electron chi connectivity index (χ2n) is 6.55. The molecule has 162 valence electrons. The van der Waals surface area contributed by atoms with E-state index in [0.29, 0.717) is 5.75 Å². The Morgan fingerprint density at radius 1 is 1.06 bits per heavy atom. The van der Waals surface area contributed by atoms with E-state index in [1.165, 1.54) is 31.4 Å². The Kier molecular flexibility index (Phi) is 7.14. The molecule has 0 aliphatic rings. The lowest BCUT2D eigenvalue weighted by atomic mass is 10.2. The standard InChI is InChI=1S/C22H20ClFN2O4S/c1-30-18-7-5-6-16(12-18)14-25-22(27)15-26(17-10-11-21(24)20(23)13-17)31(28,29)19-8-3-2-4-9-19/h2-13H,14-15H2,1H3,(H,25,27). The first-order valence-electron chi connectivity index (χ1n) is 9.24. The molecule has 0 aliphatic heterocycles. The zero-order valence-electron chi connectivity index (χ0n) is 16.6. The Balaban J connectivity index is 1.85. The van der Waals surface area contributed by atoms with Crippen LogP contribution >= 0.6 is 11.6 Å². The van der Waals surface area contributed by atoms with Gasteiger partial charge in [0.1, 0.15) is 18.1 Å². The van der Waals surface area contributed by atoms with Crippen LogP contribution in [-0.2, 0) is 21.4 Å². The maximum atomic E-state index is 13.6. The van der Waals surface area contributed by atoms with Gasteiger partial charge in [0, 0.05) is 6.54 Å². The number of nitrogens with zero attached hydrogens (tertiary/aromatic N) is 1. The number of amides is 1. The maximum Gasteiger partial charge on any atom is 0.264 e. The van der Waals surface area contributed by atoms with Crippen LogP contribution in [0.3, 0.4) is 0 Å². The molecular weight excluding hydrogens is 443 g/mol. The van der Waals surface area contributed by atoms with Crippen LogP contribution in [0.15, 0.2) is 77.7 Å². The smallest absolute Gasteiger partial charge is 0.264 e. The average Bonchev–Trinajstić information content (AvgIpc) is 2.78. The van der Waals surface area contributed by atoms with E-state index in [1.54, 1.807) is 42.5 Å². The van der Waals surface area contributed by atoms with Crippen LogP contribution in [-0.4, -0.2) is 28.0 Å². The highest BCUT2D eigenvalue weighted by atomic mass is 35.5. The van der Waals surface area contributed by atoms with Crippen molar-refractivity contribution in [3.63, 3.8) is 0 Å². The van der Waals surface area contributed by atoms with Crippen molar-refractivity contribution in [2.24, 2.45) is 0 Å². The highest BCUT2D eigenvalue weighted by molar-refractivity contribution is 7.92. The molecular formula is C22H20ClFN2O4S. The quantitative estimate of drug-likeness (QED) is 0.549. The van der Waals surface area contributed by atoms with Gasteiger partial charge >= 0.3 is 0 Å². The molecule has 0 saturated heterocycles. The maximum absolute atomic E-state index is 13.6. The molecule has 0 fully saturated rings. The van der Waals surface area contributed by atoms with Crippen LogP contribution in [0.5, 0.6) is 5.75 Å². The molecule has 0 atom stereocenters. The lowest BCUT2D eigenvalue weighted by molar-refractivity contribution is -0.119.